The molecule has 0 spiro atoms. The number of aryl methyl sites for hydroxylation is 1. The third-order valence-corrected chi connectivity index (χ3v) is 3.90. The van der Waals surface area contributed by atoms with Crippen molar-refractivity contribution in [3.63, 3.8) is 0 Å². The molecule has 0 unspecified atom stereocenters. The van der Waals surface area contributed by atoms with Gasteiger partial charge in [-0.2, -0.15) is 4.98 Å². The highest BCUT2D eigenvalue weighted by atomic mass is 15.1. The molecule has 2 N–H and O–H groups in total. The fourth-order valence-electron chi connectivity index (χ4n) is 2.79. The SMILES string of the molecule is Cc1cccc(CNc2ccnc(NC3CCCC3)n2)c1. The van der Waals surface area contributed by atoms with Gasteiger partial charge >= 0.3 is 0 Å². The quantitative estimate of drug-likeness (QED) is 0.877. The minimum atomic E-state index is 0.539. The van der Waals surface area contributed by atoms with Crippen LogP contribution in [-0.4, -0.2) is 16.0 Å². The zero-order chi connectivity index (χ0) is 14.5. The van der Waals surface area contributed by atoms with E-state index < -0.39 is 0 Å². The lowest BCUT2D eigenvalue weighted by atomic mass is 10.1. The Balaban J connectivity index is 1.60. The standard InChI is InChI=1S/C17H22N4/c1-13-5-4-6-14(11-13)12-19-16-9-10-18-17(21-16)20-15-7-2-3-8-15/h4-6,9-11,15H,2-3,7-8,12H2,1H3,(H2,18,19,20,21). The van der Waals surface area contributed by atoms with Crippen LogP contribution in [0, 0.1) is 6.92 Å². The Morgan fingerprint density at radius 1 is 1.19 bits per heavy atom. The van der Waals surface area contributed by atoms with Gasteiger partial charge in [0.1, 0.15) is 5.82 Å². The molecular formula is C17H22N4. The molecule has 2 aromatic rings. The number of benzene rings is 1. The van der Waals surface area contributed by atoms with Crippen molar-refractivity contribution in [1.29, 1.82) is 0 Å². The molecule has 21 heavy (non-hydrogen) atoms. The van der Waals surface area contributed by atoms with E-state index in [1.807, 2.05) is 12.3 Å². The third-order valence-electron chi connectivity index (χ3n) is 3.90. The van der Waals surface area contributed by atoms with Crippen molar-refractivity contribution in [2.75, 3.05) is 10.6 Å². The summed E-state index contributed by atoms with van der Waals surface area (Å²) in [5.74, 6) is 1.60. The molecule has 0 amide bonds. The predicted octanol–water partition coefficient (Wildman–Crippen LogP) is 3.75. The molecule has 0 aliphatic heterocycles. The molecule has 0 saturated heterocycles. The zero-order valence-electron chi connectivity index (χ0n) is 12.5. The van der Waals surface area contributed by atoms with Gasteiger partial charge in [-0.25, -0.2) is 4.98 Å². The molecule has 1 aromatic heterocycles. The molecule has 4 heteroatoms. The van der Waals surface area contributed by atoms with Crippen LogP contribution in [0.4, 0.5) is 11.8 Å². The summed E-state index contributed by atoms with van der Waals surface area (Å²) in [7, 11) is 0. The molecule has 0 bridgehead atoms. The van der Waals surface area contributed by atoms with E-state index in [0.717, 1.165) is 18.3 Å². The van der Waals surface area contributed by atoms with Gasteiger partial charge in [0.2, 0.25) is 5.95 Å². The van der Waals surface area contributed by atoms with Crippen LogP contribution in [0.2, 0.25) is 0 Å². The van der Waals surface area contributed by atoms with E-state index in [0.29, 0.717) is 6.04 Å². The maximum Gasteiger partial charge on any atom is 0.224 e. The monoisotopic (exact) mass is 282 g/mol. The number of hydrogen-bond donors (Lipinski definition) is 2. The van der Waals surface area contributed by atoms with Crippen LogP contribution in [0.1, 0.15) is 36.8 Å². The van der Waals surface area contributed by atoms with Gasteiger partial charge in [0.15, 0.2) is 0 Å². The van der Waals surface area contributed by atoms with Crippen molar-refractivity contribution in [2.45, 2.75) is 45.2 Å². The Labute approximate surface area is 126 Å². The van der Waals surface area contributed by atoms with Crippen molar-refractivity contribution < 1.29 is 0 Å². The van der Waals surface area contributed by atoms with Crippen LogP contribution in [0.3, 0.4) is 0 Å². The second kappa shape index (κ2) is 6.57. The first-order chi connectivity index (χ1) is 10.3. The first-order valence-electron chi connectivity index (χ1n) is 7.68. The number of anilines is 2. The molecule has 1 aliphatic rings. The van der Waals surface area contributed by atoms with Gasteiger partial charge < -0.3 is 10.6 Å². The Hall–Kier alpha value is -2.10. The lowest BCUT2D eigenvalue weighted by Gasteiger charge is -2.13. The summed E-state index contributed by atoms with van der Waals surface area (Å²) in [5, 5.41) is 6.79. The predicted molar refractivity (Wildman–Crippen MR) is 86.4 cm³/mol. The summed E-state index contributed by atoms with van der Waals surface area (Å²) in [6.07, 6.45) is 6.88. The topological polar surface area (TPSA) is 49.8 Å². The number of aromatic nitrogens is 2. The molecule has 0 radical (unpaired) electrons. The second-order valence-electron chi connectivity index (χ2n) is 5.73. The summed E-state index contributed by atoms with van der Waals surface area (Å²) in [6.45, 7) is 2.89. The highest BCUT2D eigenvalue weighted by molar-refractivity contribution is 5.41. The van der Waals surface area contributed by atoms with Gasteiger partial charge in [-0.05, 0) is 31.4 Å². The van der Waals surface area contributed by atoms with E-state index in [1.165, 1.54) is 36.8 Å². The minimum absolute atomic E-state index is 0.539. The minimum Gasteiger partial charge on any atom is -0.366 e. The summed E-state index contributed by atoms with van der Waals surface area (Å²) in [5.41, 5.74) is 2.54. The lowest BCUT2D eigenvalue weighted by molar-refractivity contribution is 0.744. The van der Waals surface area contributed by atoms with Crippen LogP contribution < -0.4 is 10.6 Å². The average molecular weight is 282 g/mol. The number of nitrogens with one attached hydrogen (secondary N) is 2. The maximum absolute atomic E-state index is 4.54. The van der Waals surface area contributed by atoms with Gasteiger partial charge in [0.25, 0.3) is 0 Å². The van der Waals surface area contributed by atoms with Gasteiger partial charge in [-0.3, -0.25) is 0 Å². The van der Waals surface area contributed by atoms with Crippen molar-refractivity contribution >= 4 is 11.8 Å². The Morgan fingerprint density at radius 2 is 2.05 bits per heavy atom. The van der Waals surface area contributed by atoms with E-state index in [9.17, 15) is 0 Å². The Morgan fingerprint density at radius 3 is 2.86 bits per heavy atom. The second-order valence-corrected chi connectivity index (χ2v) is 5.73. The smallest absolute Gasteiger partial charge is 0.224 e. The van der Waals surface area contributed by atoms with Crippen LogP contribution in [-0.2, 0) is 6.54 Å². The Bertz CT molecular complexity index is 591. The summed E-state index contributed by atoms with van der Waals surface area (Å²) >= 11 is 0. The molecule has 1 aromatic carbocycles. The fraction of sp³-hybridized carbons (Fsp3) is 0.412. The average Bonchev–Trinajstić information content (AvgIpc) is 2.99. The van der Waals surface area contributed by atoms with Gasteiger partial charge in [-0.15, -0.1) is 0 Å². The van der Waals surface area contributed by atoms with Crippen molar-refractivity contribution in [3.8, 4) is 0 Å². The number of hydrogen-bond acceptors (Lipinski definition) is 4. The summed E-state index contributed by atoms with van der Waals surface area (Å²) in [6, 6.07) is 11.0. The highest BCUT2D eigenvalue weighted by Gasteiger charge is 2.15. The molecule has 1 saturated carbocycles. The van der Waals surface area contributed by atoms with Crippen LogP contribution in [0.25, 0.3) is 0 Å². The molecular weight excluding hydrogens is 260 g/mol. The molecule has 1 aliphatic carbocycles. The Kier molecular flexibility index (Phi) is 4.34. The van der Waals surface area contributed by atoms with Crippen molar-refractivity contribution in [1.82, 2.24) is 9.97 Å². The largest absolute Gasteiger partial charge is 0.366 e. The van der Waals surface area contributed by atoms with E-state index in [4.69, 9.17) is 0 Å². The van der Waals surface area contributed by atoms with E-state index in [-0.39, 0.29) is 0 Å². The maximum atomic E-state index is 4.54. The molecule has 4 nitrogen and oxygen atoms in total. The summed E-state index contributed by atoms with van der Waals surface area (Å²) in [4.78, 5) is 8.85. The highest BCUT2D eigenvalue weighted by Crippen LogP contribution is 2.21. The number of rotatable bonds is 5. The zero-order valence-corrected chi connectivity index (χ0v) is 12.5. The van der Waals surface area contributed by atoms with Crippen LogP contribution in [0.5, 0.6) is 0 Å². The van der Waals surface area contributed by atoms with Crippen molar-refractivity contribution in [3.05, 3.63) is 47.7 Å². The van der Waals surface area contributed by atoms with Gasteiger partial charge in [0.05, 0.1) is 0 Å². The van der Waals surface area contributed by atoms with E-state index >= 15 is 0 Å². The van der Waals surface area contributed by atoms with E-state index in [2.05, 4.69) is 51.8 Å². The first-order valence-corrected chi connectivity index (χ1v) is 7.68. The molecule has 110 valence electrons. The van der Waals surface area contributed by atoms with Gasteiger partial charge in [-0.1, -0.05) is 42.7 Å². The van der Waals surface area contributed by atoms with Crippen LogP contribution >= 0.6 is 0 Å². The first kappa shape index (κ1) is 13.9. The molecule has 0 atom stereocenters. The molecule has 1 fully saturated rings. The normalized spacial score (nSPS) is 15.1. The van der Waals surface area contributed by atoms with Gasteiger partial charge in [0, 0.05) is 18.8 Å². The van der Waals surface area contributed by atoms with Crippen molar-refractivity contribution in [2.24, 2.45) is 0 Å². The molecule has 3 rings (SSSR count). The third kappa shape index (κ3) is 3.94. The van der Waals surface area contributed by atoms with Crippen LogP contribution in [0.15, 0.2) is 36.5 Å². The lowest BCUT2D eigenvalue weighted by Crippen LogP contribution is -2.17. The molecule has 1 heterocycles. The van der Waals surface area contributed by atoms with E-state index in [1.54, 1.807) is 0 Å². The summed E-state index contributed by atoms with van der Waals surface area (Å²) < 4.78 is 0. The fourth-order valence-corrected chi connectivity index (χ4v) is 2.79. The number of nitrogens with zero attached hydrogens (tertiary/aromatic N) is 2.